The predicted octanol–water partition coefficient (Wildman–Crippen LogP) is 0.283. The molecule has 0 atom stereocenters. The van der Waals surface area contributed by atoms with E-state index in [1.807, 2.05) is 0 Å². The van der Waals surface area contributed by atoms with Crippen LogP contribution in [0.4, 0.5) is 5.69 Å². The summed E-state index contributed by atoms with van der Waals surface area (Å²) >= 11 is 0. The summed E-state index contributed by atoms with van der Waals surface area (Å²) in [5, 5.41) is 6.41. The zero-order valence-electron chi connectivity index (χ0n) is 6.50. The molecule has 0 amide bonds. The number of nitrogens with zero attached hydrogens (tertiary/aromatic N) is 1. The molecule has 0 bridgehead atoms. The molecule has 0 aliphatic rings. The van der Waals surface area contributed by atoms with Crippen LogP contribution >= 0.6 is 0 Å². The first-order valence-corrected chi connectivity index (χ1v) is 3.14. The third kappa shape index (κ3) is 1.50. The summed E-state index contributed by atoms with van der Waals surface area (Å²) in [6, 6.07) is 0. The number of nitrogens with one attached hydrogen (secondary N) is 1. The summed E-state index contributed by atoms with van der Waals surface area (Å²) in [5.41, 5.74) is 6.73. The SMILES string of the molecule is COC(OC)c1[nH]ncc1N. The highest BCUT2D eigenvalue weighted by Crippen LogP contribution is 2.19. The van der Waals surface area contributed by atoms with Crippen LogP contribution in [0.5, 0.6) is 0 Å². The Kier molecular flexibility index (Phi) is 2.45. The van der Waals surface area contributed by atoms with Crippen LogP contribution in [0.1, 0.15) is 12.0 Å². The second-order valence-corrected chi connectivity index (χ2v) is 2.04. The summed E-state index contributed by atoms with van der Waals surface area (Å²) in [6.07, 6.45) is 1.05. The largest absolute Gasteiger partial charge is 0.396 e. The number of methoxy groups -OCH3 is 2. The Morgan fingerprint density at radius 3 is 2.55 bits per heavy atom. The van der Waals surface area contributed by atoms with Crippen molar-refractivity contribution in [2.75, 3.05) is 20.0 Å². The Balaban J connectivity index is 2.81. The maximum atomic E-state index is 5.54. The van der Waals surface area contributed by atoms with Crippen LogP contribution in [0.3, 0.4) is 0 Å². The molecule has 0 saturated carbocycles. The second-order valence-electron chi connectivity index (χ2n) is 2.04. The summed E-state index contributed by atoms with van der Waals surface area (Å²) in [7, 11) is 3.07. The quantitative estimate of drug-likeness (QED) is 0.618. The molecule has 62 valence electrons. The maximum absolute atomic E-state index is 5.54. The minimum absolute atomic E-state index is 0.461. The Bertz CT molecular complexity index is 219. The Morgan fingerprint density at radius 1 is 1.55 bits per heavy atom. The number of ether oxygens (including phenoxy) is 2. The van der Waals surface area contributed by atoms with Gasteiger partial charge in [-0.3, -0.25) is 5.10 Å². The van der Waals surface area contributed by atoms with Gasteiger partial charge in [0.25, 0.3) is 0 Å². The van der Waals surface area contributed by atoms with E-state index in [-0.39, 0.29) is 0 Å². The van der Waals surface area contributed by atoms with Gasteiger partial charge in [-0.25, -0.2) is 0 Å². The van der Waals surface area contributed by atoms with Gasteiger partial charge in [-0.05, 0) is 0 Å². The molecule has 0 unspecified atom stereocenters. The molecule has 1 aromatic rings. The number of hydrogen-bond acceptors (Lipinski definition) is 4. The molecule has 5 nitrogen and oxygen atoms in total. The van der Waals surface area contributed by atoms with E-state index in [1.54, 1.807) is 0 Å². The van der Waals surface area contributed by atoms with Crippen molar-refractivity contribution < 1.29 is 9.47 Å². The third-order valence-electron chi connectivity index (χ3n) is 1.36. The van der Waals surface area contributed by atoms with Gasteiger partial charge >= 0.3 is 0 Å². The number of H-pyrrole nitrogens is 1. The molecule has 0 aliphatic carbocycles. The van der Waals surface area contributed by atoms with E-state index >= 15 is 0 Å². The van der Waals surface area contributed by atoms with Crippen LogP contribution in [0.25, 0.3) is 0 Å². The van der Waals surface area contributed by atoms with E-state index in [0.29, 0.717) is 11.4 Å². The van der Waals surface area contributed by atoms with Gasteiger partial charge in [0.15, 0.2) is 0 Å². The van der Waals surface area contributed by atoms with E-state index < -0.39 is 6.29 Å². The fourth-order valence-corrected chi connectivity index (χ4v) is 0.826. The minimum Gasteiger partial charge on any atom is -0.396 e. The smallest absolute Gasteiger partial charge is 0.202 e. The van der Waals surface area contributed by atoms with Gasteiger partial charge in [-0.15, -0.1) is 0 Å². The van der Waals surface area contributed by atoms with Gasteiger partial charge in [0.1, 0.15) is 5.69 Å². The van der Waals surface area contributed by atoms with Crippen LogP contribution in [0.2, 0.25) is 0 Å². The van der Waals surface area contributed by atoms with Crippen LogP contribution in [-0.4, -0.2) is 24.4 Å². The van der Waals surface area contributed by atoms with E-state index in [2.05, 4.69) is 10.2 Å². The van der Waals surface area contributed by atoms with Crippen molar-refractivity contribution >= 4 is 5.69 Å². The molecule has 1 heterocycles. The molecular formula is C6H11N3O2. The summed E-state index contributed by atoms with van der Waals surface area (Å²) in [4.78, 5) is 0. The van der Waals surface area contributed by atoms with Gasteiger partial charge in [0.2, 0.25) is 6.29 Å². The number of hydrogen-bond donors (Lipinski definition) is 2. The highest BCUT2D eigenvalue weighted by Gasteiger charge is 2.13. The lowest BCUT2D eigenvalue weighted by Gasteiger charge is -2.11. The Morgan fingerprint density at radius 2 is 2.18 bits per heavy atom. The van der Waals surface area contributed by atoms with Gasteiger partial charge in [-0.2, -0.15) is 5.10 Å². The number of aromatic nitrogens is 2. The molecule has 0 fully saturated rings. The summed E-state index contributed by atoms with van der Waals surface area (Å²) in [5.74, 6) is 0. The first-order chi connectivity index (χ1) is 5.29. The lowest BCUT2D eigenvalue weighted by atomic mass is 10.4. The predicted molar refractivity (Wildman–Crippen MR) is 39.8 cm³/mol. The van der Waals surface area contributed by atoms with Crippen molar-refractivity contribution in [2.24, 2.45) is 0 Å². The molecule has 1 rings (SSSR count). The summed E-state index contributed by atoms with van der Waals surface area (Å²) in [6.45, 7) is 0. The maximum Gasteiger partial charge on any atom is 0.202 e. The molecule has 0 spiro atoms. The fraction of sp³-hybridized carbons (Fsp3) is 0.500. The molecule has 11 heavy (non-hydrogen) atoms. The zero-order valence-corrected chi connectivity index (χ0v) is 6.50. The number of aromatic amines is 1. The van der Waals surface area contributed by atoms with E-state index in [4.69, 9.17) is 15.2 Å². The summed E-state index contributed by atoms with van der Waals surface area (Å²) < 4.78 is 9.90. The fourth-order valence-electron chi connectivity index (χ4n) is 0.826. The third-order valence-corrected chi connectivity index (χ3v) is 1.36. The molecule has 1 aromatic heterocycles. The first-order valence-electron chi connectivity index (χ1n) is 3.14. The van der Waals surface area contributed by atoms with Gasteiger partial charge in [0.05, 0.1) is 11.9 Å². The molecular weight excluding hydrogens is 146 g/mol. The molecule has 3 N–H and O–H groups in total. The van der Waals surface area contributed by atoms with Gasteiger partial charge in [0, 0.05) is 14.2 Å². The minimum atomic E-state index is -0.461. The highest BCUT2D eigenvalue weighted by atomic mass is 16.7. The van der Waals surface area contributed by atoms with Crippen LogP contribution in [0.15, 0.2) is 6.20 Å². The second kappa shape index (κ2) is 3.36. The number of anilines is 1. The molecule has 0 aliphatic heterocycles. The number of rotatable bonds is 3. The van der Waals surface area contributed by atoms with Gasteiger partial charge in [-0.1, -0.05) is 0 Å². The van der Waals surface area contributed by atoms with Crippen molar-refractivity contribution in [1.29, 1.82) is 0 Å². The van der Waals surface area contributed by atoms with Crippen LogP contribution in [-0.2, 0) is 9.47 Å². The Hall–Kier alpha value is -1.07. The van der Waals surface area contributed by atoms with E-state index in [1.165, 1.54) is 20.4 Å². The standard InChI is InChI=1S/C6H11N3O2/c1-10-6(11-2)5-4(7)3-8-9-5/h3,6H,7H2,1-2H3,(H,8,9). The molecule has 5 heteroatoms. The lowest BCUT2D eigenvalue weighted by molar-refractivity contribution is -0.108. The van der Waals surface area contributed by atoms with Crippen molar-refractivity contribution in [2.45, 2.75) is 6.29 Å². The van der Waals surface area contributed by atoms with Crippen molar-refractivity contribution in [3.05, 3.63) is 11.9 Å². The van der Waals surface area contributed by atoms with Gasteiger partial charge < -0.3 is 15.2 Å². The average molecular weight is 157 g/mol. The van der Waals surface area contributed by atoms with Crippen molar-refractivity contribution in [1.82, 2.24) is 10.2 Å². The van der Waals surface area contributed by atoms with Crippen molar-refractivity contribution in [3.8, 4) is 0 Å². The number of nitrogen functional groups attached to an aromatic ring is 1. The number of nitrogens with two attached hydrogens (primary N) is 1. The molecule has 0 saturated heterocycles. The van der Waals surface area contributed by atoms with Crippen LogP contribution < -0.4 is 5.73 Å². The van der Waals surface area contributed by atoms with Crippen molar-refractivity contribution in [3.63, 3.8) is 0 Å². The first kappa shape index (κ1) is 8.03. The lowest BCUT2D eigenvalue weighted by Crippen LogP contribution is -2.06. The topological polar surface area (TPSA) is 73.2 Å². The van der Waals surface area contributed by atoms with E-state index in [9.17, 15) is 0 Å². The highest BCUT2D eigenvalue weighted by molar-refractivity contribution is 5.40. The van der Waals surface area contributed by atoms with Crippen LogP contribution in [0, 0.1) is 0 Å². The molecule has 0 radical (unpaired) electrons. The normalized spacial score (nSPS) is 10.8. The molecule has 0 aromatic carbocycles. The average Bonchev–Trinajstić information content (AvgIpc) is 2.40. The van der Waals surface area contributed by atoms with E-state index in [0.717, 1.165) is 0 Å². The zero-order chi connectivity index (χ0) is 8.27. The Labute approximate surface area is 64.5 Å². The monoisotopic (exact) mass is 157 g/mol.